The fourth-order valence-corrected chi connectivity index (χ4v) is 6.55. The van der Waals surface area contributed by atoms with Crippen molar-refractivity contribution in [2.45, 2.75) is 76.2 Å². The van der Waals surface area contributed by atoms with Crippen molar-refractivity contribution in [3.8, 4) is 0 Å². The average Bonchev–Trinajstić information content (AvgIpc) is 3.36. The summed E-state index contributed by atoms with van der Waals surface area (Å²) in [7, 11) is -3.64. The Morgan fingerprint density at radius 1 is 1.17 bits per heavy atom. The number of anilines is 1. The maximum absolute atomic E-state index is 13.6. The van der Waals surface area contributed by atoms with Crippen LogP contribution in [0.1, 0.15) is 69.6 Å². The Morgan fingerprint density at radius 3 is 2.52 bits per heavy atom. The van der Waals surface area contributed by atoms with E-state index < -0.39 is 28.5 Å². The first kappa shape index (κ1) is 20.9. The van der Waals surface area contributed by atoms with Gasteiger partial charge in [-0.15, -0.1) is 0 Å². The van der Waals surface area contributed by atoms with Gasteiger partial charge in [-0.1, -0.05) is 13.3 Å². The Bertz CT molecular complexity index is 835. The number of aromatic nitrogens is 2. The molecule has 1 unspecified atom stereocenters. The summed E-state index contributed by atoms with van der Waals surface area (Å²) in [5.41, 5.74) is 0.404. The highest BCUT2D eigenvalue weighted by molar-refractivity contribution is 7.86. The summed E-state index contributed by atoms with van der Waals surface area (Å²) < 4.78 is 71.2. The molecule has 29 heavy (non-hydrogen) atoms. The molecule has 1 aromatic rings. The lowest BCUT2D eigenvalue weighted by atomic mass is 10.0. The topological polar surface area (TPSA) is 70.5 Å². The van der Waals surface area contributed by atoms with Crippen molar-refractivity contribution < 1.29 is 21.6 Å². The molecule has 11 heteroatoms. The fraction of sp³-hybridized carbons (Fsp3) is 0.833. The lowest BCUT2D eigenvalue weighted by Gasteiger charge is -2.36. The molecule has 0 aliphatic carbocycles. The third-order valence-corrected chi connectivity index (χ3v) is 8.31. The van der Waals surface area contributed by atoms with Gasteiger partial charge in [-0.2, -0.15) is 35.3 Å². The van der Waals surface area contributed by atoms with Crippen LogP contribution in [-0.2, 0) is 10.2 Å². The van der Waals surface area contributed by atoms with Crippen LogP contribution in [0.5, 0.6) is 0 Å². The highest BCUT2D eigenvalue weighted by Gasteiger charge is 2.47. The molecule has 0 aromatic carbocycles. The molecular weight excluding hydrogens is 407 g/mol. The van der Waals surface area contributed by atoms with Crippen LogP contribution < -0.4 is 5.32 Å². The SMILES string of the molecule is CC[C@@H]1C[C@H](C(F)(F)F)n2nc(C3CCCCN3S(=O)(=O)N3CCCC3)cc2N1. The van der Waals surface area contributed by atoms with Crippen LogP contribution in [0, 0.1) is 0 Å². The minimum absolute atomic E-state index is 0.0748. The molecule has 3 aliphatic heterocycles. The first-order chi connectivity index (χ1) is 13.7. The van der Waals surface area contributed by atoms with Crippen LogP contribution in [0.4, 0.5) is 19.0 Å². The van der Waals surface area contributed by atoms with Crippen molar-refractivity contribution in [3.05, 3.63) is 11.8 Å². The van der Waals surface area contributed by atoms with E-state index in [1.807, 2.05) is 6.92 Å². The van der Waals surface area contributed by atoms with E-state index in [1.165, 1.54) is 8.61 Å². The number of rotatable bonds is 4. The molecule has 0 saturated carbocycles. The predicted molar refractivity (Wildman–Crippen MR) is 103 cm³/mol. The zero-order valence-electron chi connectivity index (χ0n) is 16.5. The molecular formula is C18H28F3N5O2S. The zero-order chi connectivity index (χ0) is 20.8. The van der Waals surface area contributed by atoms with E-state index in [1.54, 1.807) is 6.07 Å². The molecule has 4 rings (SSSR count). The van der Waals surface area contributed by atoms with Crippen LogP contribution in [0.3, 0.4) is 0 Å². The molecule has 164 valence electrons. The predicted octanol–water partition coefficient (Wildman–Crippen LogP) is 3.45. The van der Waals surface area contributed by atoms with Gasteiger partial charge < -0.3 is 5.32 Å². The van der Waals surface area contributed by atoms with Gasteiger partial charge in [0.15, 0.2) is 6.04 Å². The number of nitrogens with one attached hydrogen (secondary N) is 1. The van der Waals surface area contributed by atoms with Gasteiger partial charge in [-0.3, -0.25) is 0 Å². The van der Waals surface area contributed by atoms with Crippen LogP contribution in [0.2, 0.25) is 0 Å². The molecule has 4 heterocycles. The molecule has 3 aliphatic rings. The monoisotopic (exact) mass is 435 g/mol. The van der Waals surface area contributed by atoms with Crippen LogP contribution in [-0.4, -0.2) is 58.7 Å². The number of fused-ring (bicyclic) bond motifs is 1. The average molecular weight is 436 g/mol. The summed E-state index contributed by atoms with van der Waals surface area (Å²) in [6.07, 6.45) is -0.0807. The second-order valence-electron chi connectivity index (χ2n) is 8.18. The number of piperidine rings is 1. The van der Waals surface area contributed by atoms with Crippen molar-refractivity contribution in [1.82, 2.24) is 18.4 Å². The maximum Gasteiger partial charge on any atom is 0.410 e. The zero-order valence-corrected chi connectivity index (χ0v) is 17.3. The standard InChI is InChI=1S/C18H28F3N5O2S/c1-2-13-11-16(18(19,20)21)26-17(22-13)12-14(23-26)15-7-3-4-10-25(15)29(27,28)24-8-5-6-9-24/h12-13,15-16,22H,2-11H2,1H3/t13-,15?,16-/m1/s1. The minimum atomic E-state index is -4.40. The lowest BCUT2D eigenvalue weighted by Crippen LogP contribution is -2.46. The maximum atomic E-state index is 13.6. The minimum Gasteiger partial charge on any atom is -0.367 e. The number of hydrogen-bond acceptors (Lipinski definition) is 4. The van der Waals surface area contributed by atoms with Crippen molar-refractivity contribution in [2.75, 3.05) is 25.0 Å². The van der Waals surface area contributed by atoms with Crippen molar-refractivity contribution in [1.29, 1.82) is 0 Å². The van der Waals surface area contributed by atoms with Gasteiger partial charge >= 0.3 is 6.18 Å². The molecule has 1 N–H and O–H groups in total. The summed E-state index contributed by atoms with van der Waals surface area (Å²) in [6, 6.07) is -0.884. The number of alkyl halides is 3. The summed E-state index contributed by atoms with van der Waals surface area (Å²) in [5.74, 6) is 0.324. The van der Waals surface area contributed by atoms with E-state index in [0.29, 0.717) is 44.0 Å². The van der Waals surface area contributed by atoms with Crippen LogP contribution in [0.15, 0.2) is 6.07 Å². The normalized spacial score (nSPS) is 29.6. The van der Waals surface area contributed by atoms with E-state index in [2.05, 4.69) is 10.4 Å². The number of hydrogen-bond donors (Lipinski definition) is 1. The Hall–Kier alpha value is -1.33. The molecule has 1 aromatic heterocycles. The molecule has 2 fully saturated rings. The second-order valence-corrected chi connectivity index (χ2v) is 10.1. The molecule has 0 radical (unpaired) electrons. The lowest BCUT2D eigenvalue weighted by molar-refractivity contribution is -0.173. The highest BCUT2D eigenvalue weighted by Crippen LogP contribution is 2.42. The smallest absolute Gasteiger partial charge is 0.367 e. The Balaban J connectivity index is 1.68. The highest BCUT2D eigenvalue weighted by atomic mass is 32.2. The van der Waals surface area contributed by atoms with Gasteiger partial charge in [0.2, 0.25) is 0 Å². The van der Waals surface area contributed by atoms with Gasteiger partial charge in [0, 0.05) is 31.7 Å². The molecule has 0 bridgehead atoms. The van der Waals surface area contributed by atoms with Crippen LogP contribution in [0.25, 0.3) is 0 Å². The number of nitrogens with zero attached hydrogens (tertiary/aromatic N) is 4. The fourth-order valence-electron chi connectivity index (χ4n) is 4.64. The summed E-state index contributed by atoms with van der Waals surface area (Å²) in [4.78, 5) is 0. The third kappa shape index (κ3) is 3.88. The Kier molecular flexibility index (Phi) is 5.58. The van der Waals surface area contributed by atoms with Crippen molar-refractivity contribution in [2.24, 2.45) is 0 Å². The number of halogens is 3. The molecule has 2 saturated heterocycles. The Labute approximate surface area is 169 Å². The van der Waals surface area contributed by atoms with E-state index in [4.69, 9.17) is 0 Å². The van der Waals surface area contributed by atoms with E-state index in [9.17, 15) is 21.6 Å². The van der Waals surface area contributed by atoms with Gasteiger partial charge in [0.1, 0.15) is 5.82 Å². The quantitative estimate of drug-likeness (QED) is 0.787. The second kappa shape index (κ2) is 7.73. The van der Waals surface area contributed by atoms with Gasteiger partial charge in [-0.05, 0) is 38.5 Å². The summed E-state index contributed by atoms with van der Waals surface area (Å²) in [5, 5.41) is 7.43. The van der Waals surface area contributed by atoms with Gasteiger partial charge in [-0.25, -0.2) is 4.68 Å². The summed E-state index contributed by atoms with van der Waals surface area (Å²) >= 11 is 0. The Morgan fingerprint density at radius 2 is 1.86 bits per heavy atom. The van der Waals surface area contributed by atoms with Crippen LogP contribution >= 0.6 is 0 Å². The van der Waals surface area contributed by atoms with E-state index in [0.717, 1.165) is 30.4 Å². The van der Waals surface area contributed by atoms with E-state index >= 15 is 0 Å². The van der Waals surface area contributed by atoms with Crippen molar-refractivity contribution in [3.63, 3.8) is 0 Å². The molecule has 3 atom stereocenters. The molecule has 0 spiro atoms. The first-order valence-corrected chi connectivity index (χ1v) is 11.8. The largest absolute Gasteiger partial charge is 0.410 e. The molecule has 0 amide bonds. The van der Waals surface area contributed by atoms with Crippen molar-refractivity contribution >= 4 is 16.0 Å². The summed E-state index contributed by atoms with van der Waals surface area (Å²) in [6.45, 7) is 3.23. The van der Waals surface area contributed by atoms with Gasteiger partial charge in [0.05, 0.1) is 11.7 Å². The van der Waals surface area contributed by atoms with E-state index in [-0.39, 0.29) is 12.5 Å². The first-order valence-electron chi connectivity index (χ1n) is 10.4. The molecule has 7 nitrogen and oxygen atoms in total. The third-order valence-electron chi connectivity index (χ3n) is 6.26. The van der Waals surface area contributed by atoms with Gasteiger partial charge in [0.25, 0.3) is 10.2 Å².